The number of unbranched alkanes of at least 4 members (excludes halogenated alkanes) is 2. The van der Waals surface area contributed by atoms with E-state index in [-0.39, 0.29) is 81.4 Å². The van der Waals surface area contributed by atoms with Crippen LogP contribution in [0.2, 0.25) is 0 Å². The molecule has 1 aromatic rings. The molecule has 0 radical (unpaired) electrons. The van der Waals surface area contributed by atoms with Gasteiger partial charge in [-0.1, -0.05) is 18.6 Å². The Hall–Kier alpha value is -4.61. The number of amides is 7. The molecular weight excluding hydrogens is 1080 g/mol. The van der Waals surface area contributed by atoms with E-state index in [4.69, 9.17) is 33.2 Å². The number of benzene rings is 1. The standard InChI is InChI=1S/C50H79N7O22S/c1-25(61)55-38-41(68)45(78-49-44(71)46(40(67)30(21-59)76-49)79-48-43(70)42(69)39(66)29(20-58)75-48)31(22-60)77-47(38)73-17-7-14-51-36(65)23-74-27-9-6-8-26(18-27)19-54-35(64)13-5-4-12-34(63)53-16-15-52-33(62)11-3-2-10-32-37-28(24-80-32)56-50(72)57-37/h6,8-9,18,28-32,37-49,58-60,66-71H,2-5,7,10-17,19-24H2,1H3,(H,51,65)(H,52,62)(H,53,63)(H,54,64)(H,55,61)(H2,56,57,72)/t28-,29?,30?,31?,32-,37-,38?,39-,40-,41+,42?,43-,44?,45+,46-,47+,48+,49-/m0/s1. The average Bonchev–Trinajstić information content (AvgIpc) is 4.05. The van der Waals surface area contributed by atoms with Crippen LogP contribution in [0.4, 0.5) is 4.79 Å². The minimum atomic E-state index is -1.98. The highest BCUT2D eigenvalue weighted by atomic mass is 32.2. The number of carbonyl (C=O) groups excluding carboxylic acids is 6. The number of urea groups is 1. The Morgan fingerprint density at radius 1 is 0.650 bits per heavy atom. The van der Waals surface area contributed by atoms with Crippen molar-refractivity contribution in [3.05, 3.63) is 29.8 Å². The number of hydrogen-bond donors (Lipinski definition) is 16. The summed E-state index contributed by atoms with van der Waals surface area (Å²) in [5.74, 6) is -0.266. The molecular formula is C50H79N7O22S. The number of nitrogens with one attached hydrogen (secondary N) is 7. The fourth-order valence-corrected chi connectivity index (χ4v) is 11.3. The van der Waals surface area contributed by atoms with E-state index in [1.807, 2.05) is 11.8 Å². The number of fused-ring (bicyclic) bond motifs is 1. The molecule has 0 aromatic heterocycles. The minimum absolute atomic E-state index is 0.0750. The molecule has 5 aliphatic rings. The number of thioether (sulfide) groups is 1. The van der Waals surface area contributed by atoms with Gasteiger partial charge in [-0.25, -0.2) is 4.79 Å². The first-order valence-electron chi connectivity index (χ1n) is 26.9. The second-order valence-corrected chi connectivity index (χ2v) is 21.4. The first-order chi connectivity index (χ1) is 38.4. The van der Waals surface area contributed by atoms with Crippen LogP contribution in [0.25, 0.3) is 0 Å². The number of carbonyl (C=O) groups is 6. The fraction of sp³-hybridized carbons (Fsp3) is 0.760. The molecule has 7 amide bonds. The highest BCUT2D eigenvalue weighted by Gasteiger charge is 2.54. The second-order valence-electron chi connectivity index (χ2n) is 20.1. The molecule has 0 bridgehead atoms. The molecule has 80 heavy (non-hydrogen) atoms. The monoisotopic (exact) mass is 1160 g/mol. The summed E-state index contributed by atoms with van der Waals surface area (Å²) in [5.41, 5.74) is 0.719. The topological polar surface area (TPSA) is 433 Å². The average molecular weight is 1160 g/mol. The Bertz CT molecular complexity index is 2160. The number of aliphatic hydroxyl groups is 9. The zero-order valence-electron chi connectivity index (χ0n) is 44.4. The van der Waals surface area contributed by atoms with Crippen LogP contribution in [0, 0.1) is 0 Å². The third-order valence-corrected chi connectivity index (χ3v) is 15.6. The van der Waals surface area contributed by atoms with Crippen molar-refractivity contribution in [3.8, 4) is 5.75 Å². The van der Waals surface area contributed by atoms with Crippen molar-refractivity contribution in [1.29, 1.82) is 0 Å². The van der Waals surface area contributed by atoms with E-state index in [2.05, 4.69) is 37.2 Å². The second kappa shape index (κ2) is 32.3. The van der Waals surface area contributed by atoms with Gasteiger partial charge >= 0.3 is 6.03 Å². The molecule has 30 heteroatoms. The van der Waals surface area contributed by atoms with Gasteiger partial charge in [0.2, 0.25) is 23.6 Å². The molecule has 5 saturated heterocycles. The van der Waals surface area contributed by atoms with Gasteiger partial charge in [-0.2, -0.15) is 11.8 Å². The maximum atomic E-state index is 12.7. The zero-order chi connectivity index (χ0) is 57.9. The highest BCUT2D eigenvalue weighted by Crippen LogP contribution is 2.35. The Kier molecular flexibility index (Phi) is 26.1. The first-order valence-corrected chi connectivity index (χ1v) is 28.0. The van der Waals surface area contributed by atoms with Gasteiger partial charge in [0.05, 0.1) is 38.5 Å². The van der Waals surface area contributed by atoms with Crippen molar-refractivity contribution < 1.29 is 108 Å². The Balaban J connectivity index is 0.827. The number of ether oxygens (including phenoxy) is 7. The molecule has 18 atom stereocenters. The summed E-state index contributed by atoms with van der Waals surface area (Å²) in [4.78, 5) is 73.5. The van der Waals surface area contributed by atoms with E-state index < -0.39 is 124 Å². The van der Waals surface area contributed by atoms with Gasteiger partial charge in [0, 0.05) is 63.4 Å². The van der Waals surface area contributed by atoms with Crippen molar-refractivity contribution in [3.63, 3.8) is 0 Å². The minimum Gasteiger partial charge on any atom is -0.484 e. The fourth-order valence-electron chi connectivity index (χ4n) is 9.74. The zero-order valence-corrected chi connectivity index (χ0v) is 45.2. The van der Waals surface area contributed by atoms with Crippen molar-refractivity contribution in [1.82, 2.24) is 37.2 Å². The highest BCUT2D eigenvalue weighted by molar-refractivity contribution is 8.00. The Morgan fingerprint density at radius 2 is 1.25 bits per heavy atom. The summed E-state index contributed by atoms with van der Waals surface area (Å²) in [6, 6.07) is 5.68. The van der Waals surface area contributed by atoms with Gasteiger partial charge in [0.15, 0.2) is 25.5 Å². The molecule has 0 aliphatic carbocycles. The summed E-state index contributed by atoms with van der Waals surface area (Å²) < 4.78 is 39.8. The van der Waals surface area contributed by atoms with Crippen LogP contribution in [0.3, 0.4) is 0 Å². The van der Waals surface area contributed by atoms with E-state index in [1.165, 1.54) is 0 Å². The molecule has 0 saturated carbocycles. The van der Waals surface area contributed by atoms with Crippen molar-refractivity contribution >= 4 is 47.3 Å². The van der Waals surface area contributed by atoms with Crippen LogP contribution in [-0.2, 0) is 58.9 Å². The van der Waals surface area contributed by atoms with Crippen LogP contribution in [-0.4, -0.2) is 249 Å². The van der Waals surface area contributed by atoms with Gasteiger partial charge in [-0.05, 0) is 49.8 Å². The predicted octanol–water partition coefficient (Wildman–Crippen LogP) is -5.68. The summed E-state index contributed by atoms with van der Waals surface area (Å²) in [6.45, 7) is -0.833. The van der Waals surface area contributed by atoms with Crippen molar-refractivity contribution in [2.45, 2.75) is 181 Å². The SMILES string of the molecule is CC(=O)NC1[C@H](OCCCNC(=O)COc2cccc(CNC(=O)CCCCC(=O)NCCNC(=O)CCCC[C@@H]3SC[C@@H]4NC(=O)N[C@@H]43)c2)OC(CO)[C@@H](O[C@@H]2OC(CO)[C@H](O)[C@H](O[C@H]3OC(CO)[C@H](O)C(O)[C@@H]3O)C2O)[C@@H]1O. The lowest BCUT2D eigenvalue weighted by Crippen LogP contribution is -2.68. The maximum absolute atomic E-state index is 12.7. The quantitative estimate of drug-likeness (QED) is 0.0243. The van der Waals surface area contributed by atoms with Crippen LogP contribution < -0.4 is 42.0 Å². The lowest BCUT2D eigenvalue weighted by molar-refractivity contribution is -0.376. The Morgan fingerprint density at radius 3 is 1.91 bits per heavy atom. The summed E-state index contributed by atoms with van der Waals surface area (Å²) in [6.07, 6.45) is -19.2. The van der Waals surface area contributed by atoms with Crippen LogP contribution in [0.15, 0.2) is 24.3 Å². The van der Waals surface area contributed by atoms with Crippen LogP contribution in [0.1, 0.15) is 70.3 Å². The predicted molar refractivity (Wildman–Crippen MR) is 276 cm³/mol. The lowest BCUT2D eigenvalue weighted by atomic mass is 9.95. The number of hydrogen-bond acceptors (Lipinski definition) is 23. The molecule has 5 aliphatic heterocycles. The maximum Gasteiger partial charge on any atom is 0.315 e. The smallest absolute Gasteiger partial charge is 0.315 e. The van der Waals surface area contributed by atoms with Gasteiger partial charge in [0.25, 0.3) is 5.91 Å². The van der Waals surface area contributed by atoms with Crippen LogP contribution in [0.5, 0.6) is 5.75 Å². The first kappa shape index (κ1) is 64.6. The van der Waals surface area contributed by atoms with Crippen molar-refractivity contribution in [2.24, 2.45) is 0 Å². The number of rotatable bonds is 31. The van der Waals surface area contributed by atoms with Gasteiger partial charge < -0.3 is 116 Å². The lowest BCUT2D eigenvalue weighted by Gasteiger charge is -2.48. The van der Waals surface area contributed by atoms with E-state index in [0.717, 1.165) is 37.5 Å². The van der Waals surface area contributed by atoms with Crippen molar-refractivity contribution in [2.75, 3.05) is 58.4 Å². The molecule has 5 heterocycles. The largest absolute Gasteiger partial charge is 0.484 e. The molecule has 452 valence electrons. The summed E-state index contributed by atoms with van der Waals surface area (Å²) in [7, 11) is 0. The molecule has 1 aromatic carbocycles. The number of aliphatic hydroxyl groups excluding tert-OH is 9. The molecule has 6 unspecified atom stereocenters. The van der Waals surface area contributed by atoms with E-state index in [1.54, 1.807) is 24.3 Å². The summed E-state index contributed by atoms with van der Waals surface area (Å²) >= 11 is 1.85. The van der Waals surface area contributed by atoms with Crippen LogP contribution >= 0.6 is 11.8 Å². The Labute approximate surface area is 465 Å². The molecule has 6 rings (SSSR count). The molecule has 29 nitrogen and oxygen atoms in total. The molecule has 5 fully saturated rings. The summed E-state index contributed by atoms with van der Waals surface area (Å²) in [5, 5.41) is 114. The normalized spacial score (nSPS) is 32.9. The van der Waals surface area contributed by atoms with Gasteiger partial charge in [0.1, 0.15) is 78.9 Å². The van der Waals surface area contributed by atoms with E-state index in [0.29, 0.717) is 43.4 Å². The van der Waals surface area contributed by atoms with E-state index in [9.17, 15) is 74.7 Å². The third kappa shape index (κ3) is 18.7. The van der Waals surface area contributed by atoms with Gasteiger partial charge in [-0.15, -0.1) is 0 Å². The van der Waals surface area contributed by atoms with Gasteiger partial charge in [-0.3, -0.25) is 24.0 Å². The molecule has 16 N–H and O–H groups in total. The molecule has 0 spiro atoms. The van der Waals surface area contributed by atoms with E-state index >= 15 is 0 Å². The third-order valence-electron chi connectivity index (χ3n) is 14.1.